The van der Waals surface area contributed by atoms with Gasteiger partial charge in [0.2, 0.25) is 15.9 Å². The summed E-state index contributed by atoms with van der Waals surface area (Å²) in [5, 5.41) is 4.71. The fourth-order valence-electron chi connectivity index (χ4n) is 1.46. The number of nitrogens with one attached hydrogen (secondary N) is 2. The van der Waals surface area contributed by atoms with Crippen LogP contribution in [-0.4, -0.2) is 25.9 Å². The number of hydrogen-bond acceptors (Lipinski definition) is 5. The topological polar surface area (TPSA) is 88.2 Å². The third-order valence-electron chi connectivity index (χ3n) is 2.45. The summed E-state index contributed by atoms with van der Waals surface area (Å²) < 4.78 is 38.7. The molecule has 0 bridgehead atoms. The fraction of sp³-hybridized carbons (Fsp3) is 0.167. The first kappa shape index (κ1) is 15.5. The molecule has 0 radical (unpaired) electrons. The normalized spacial score (nSPS) is 11.3. The zero-order valence-corrected chi connectivity index (χ0v) is 12.4. The molecule has 0 aliphatic rings. The molecule has 0 fully saturated rings. The van der Waals surface area contributed by atoms with Crippen molar-refractivity contribution in [2.24, 2.45) is 0 Å². The van der Waals surface area contributed by atoms with Gasteiger partial charge in [0.15, 0.2) is 5.13 Å². The Morgan fingerprint density at radius 2 is 2.00 bits per heavy atom. The molecule has 0 aliphatic carbocycles. The van der Waals surface area contributed by atoms with Gasteiger partial charge in [-0.05, 0) is 24.3 Å². The Kier molecular flexibility index (Phi) is 4.99. The second-order valence-electron chi connectivity index (χ2n) is 3.99. The molecular formula is C12H12FN3O3S2. The van der Waals surface area contributed by atoms with Gasteiger partial charge in [0.25, 0.3) is 0 Å². The first-order valence-corrected chi connectivity index (χ1v) is 8.28. The summed E-state index contributed by atoms with van der Waals surface area (Å²) in [5.41, 5.74) is 0. The summed E-state index contributed by atoms with van der Waals surface area (Å²) in [5.74, 6) is -0.858. The number of aromatic nitrogens is 1. The van der Waals surface area contributed by atoms with Crippen LogP contribution in [0.25, 0.3) is 0 Å². The minimum atomic E-state index is -3.74. The first-order chi connectivity index (χ1) is 9.97. The Hall–Kier alpha value is -1.84. The van der Waals surface area contributed by atoms with Crippen LogP contribution in [0.15, 0.2) is 40.7 Å². The van der Waals surface area contributed by atoms with Crippen molar-refractivity contribution in [3.05, 3.63) is 41.7 Å². The van der Waals surface area contributed by atoms with Gasteiger partial charge in [-0.25, -0.2) is 22.5 Å². The summed E-state index contributed by atoms with van der Waals surface area (Å²) in [6, 6.07) is 4.44. The van der Waals surface area contributed by atoms with Gasteiger partial charge in [0.05, 0.1) is 4.90 Å². The summed E-state index contributed by atoms with van der Waals surface area (Å²) in [4.78, 5) is 15.4. The summed E-state index contributed by atoms with van der Waals surface area (Å²) in [6.45, 7) is -0.0586. The molecule has 0 saturated heterocycles. The van der Waals surface area contributed by atoms with Crippen molar-refractivity contribution in [2.45, 2.75) is 11.3 Å². The van der Waals surface area contributed by atoms with Crippen LogP contribution in [0.2, 0.25) is 0 Å². The number of hydrogen-bond donors (Lipinski definition) is 2. The van der Waals surface area contributed by atoms with Crippen LogP contribution >= 0.6 is 11.3 Å². The molecule has 112 valence electrons. The third-order valence-corrected chi connectivity index (χ3v) is 4.61. The van der Waals surface area contributed by atoms with Crippen LogP contribution in [0.4, 0.5) is 9.52 Å². The highest BCUT2D eigenvalue weighted by molar-refractivity contribution is 7.89. The van der Waals surface area contributed by atoms with Crippen molar-refractivity contribution in [1.82, 2.24) is 9.71 Å². The number of carbonyl (C=O) groups excluding carboxylic acids is 1. The second-order valence-corrected chi connectivity index (χ2v) is 6.65. The maximum Gasteiger partial charge on any atom is 0.240 e. The summed E-state index contributed by atoms with van der Waals surface area (Å²) in [7, 11) is -3.74. The zero-order chi connectivity index (χ0) is 15.3. The predicted octanol–water partition coefficient (Wildman–Crippen LogP) is 1.59. The van der Waals surface area contributed by atoms with Gasteiger partial charge in [-0.15, -0.1) is 11.3 Å². The second kappa shape index (κ2) is 6.74. The van der Waals surface area contributed by atoms with E-state index in [1.165, 1.54) is 11.3 Å². The Bertz CT molecular complexity index is 700. The quantitative estimate of drug-likeness (QED) is 0.842. The number of sulfonamides is 1. The number of anilines is 1. The van der Waals surface area contributed by atoms with E-state index in [1.807, 2.05) is 0 Å². The van der Waals surface area contributed by atoms with E-state index < -0.39 is 15.8 Å². The number of nitrogens with zero attached hydrogens (tertiary/aromatic N) is 1. The molecule has 21 heavy (non-hydrogen) atoms. The highest BCUT2D eigenvalue weighted by Crippen LogP contribution is 2.11. The van der Waals surface area contributed by atoms with E-state index in [-0.39, 0.29) is 23.8 Å². The highest BCUT2D eigenvalue weighted by atomic mass is 32.2. The van der Waals surface area contributed by atoms with Gasteiger partial charge in [0.1, 0.15) is 5.82 Å². The van der Waals surface area contributed by atoms with Crippen LogP contribution in [0.1, 0.15) is 6.42 Å². The van der Waals surface area contributed by atoms with Gasteiger partial charge >= 0.3 is 0 Å². The van der Waals surface area contributed by atoms with Crippen LogP contribution in [-0.2, 0) is 14.8 Å². The van der Waals surface area contributed by atoms with Crippen molar-refractivity contribution in [2.75, 3.05) is 11.9 Å². The Balaban J connectivity index is 1.84. The molecule has 0 aliphatic heterocycles. The molecule has 0 spiro atoms. The molecule has 1 heterocycles. The van der Waals surface area contributed by atoms with E-state index in [2.05, 4.69) is 15.0 Å². The lowest BCUT2D eigenvalue weighted by Crippen LogP contribution is -2.27. The van der Waals surface area contributed by atoms with E-state index in [0.717, 1.165) is 24.3 Å². The molecule has 2 rings (SSSR count). The van der Waals surface area contributed by atoms with Gasteiger partial charge in [-0.3, -0.25) is 4.79 Å². The average molecular weight is 329 g/mol. The van der Waals surface area contributed by atoms with Crippen LogP contribution < -0.4 is 10.0 Å². The first-order valence-electron chi connectivity index (χ1n) is 5.92. The van der Waals surface area contributed by atoms with Crippen molar-refractivity contribution in [3.8, 4) is 0 Å². The molecular weight excluding hydrogens is 317 g/mol. The van der Waals surface area contributed by atoms with Crippen LogP contribution in [0, 0.1) is 5.82 Å². The number of amides is 1. The number of benzene rings is 1. The maximum absolute atomic E-state index is 12.7. The van der Waals surface area contributed by atoms with Crippen molar-refractivity contribution >= 4 is 32.4 Å². The molecule has 2 N–H and O–H groups in total. The molecule has 1 aromatic heterocycles. The SMILES string of the molecule is O=C(CCNS(=O)(=O)c1ccc(F)cc1)Nc1nccs1. The third kappa shape index (κ3) is 4.59. The lowest BCUT2D eigenvalue weighted by Gasteiger charge is -2.06. The highest BCUT2D eigenvalue weighted by Gasteiger charge is 2.14. The Morgan fingerprint density at radius 1 is 1.29 bits per heavy atom. The monoisotopic (exact) mass is 329 g/mol. The van der Waals surface area contributed by atoms with Gasteiger partial charge in [-0.2, -0.15) is 0 Å². The maximum atomic E-state index is 12.7. The van der Waals surface area contributed by atoms with Crippen molar-refractivity contribution in [1.29, 1.82) is 0 Å². The van der Waals surface area contributed by atoms with Gasteiger partial charge in [0, 0.05) is 24.5 Å². The fourth-order valence-corrected chi connectivity index (χ4v) is 3.04. The Labute approximate surface area is 125 Å². The van der Waals surface area contributed by atoms with E-state index in [9.17, 15) is 17.6 Å². The molecule has 0 unspecified atom stereocenters. The van der Waals surface area contributed by atoms with Crippen molar-refractivity contribution in [3.63, 3.8) is 0 Å². The van der Waals surface area contributed by atoms with Crippen molar-refractivity contribution < 1.29 is 17.6 Å². The minimum absolute atomic E-state index is 0.0278. The van der Waals surface area contributed by atoms with E-state index in [4.69, 9.17) is 0 Å². The smallest absolute Gasteiger partial charge is 0.240 e. The molecule has 6 nitrogen and oxygen atoms in total. The number of halogens is 1. The van der Waals surface area contributed by atoms with E-state index >= 15 is 0 Å². The van der Waals surface area contributed by atoms with Gasteiger partial charge in [-0.1, -0.05) is 0 Å². The standard InChI is InChI=1S/C12H12FN3O3S2/c13-9-1-3-10(4-2-9)21(18,19)15-6-5-11(17)16-12-14-7-8-20-12/h1-4,7-8,15H,5-6H2,(H,14,16,17). The van der Waals surface area contributed by atoms with Crippen LogP contribution in [0.3, 0.4) is 0 Å². The van der Waals surface area contributed by atoms with Gasteiger partial charge < -0.3 is 5.32 Å². The molecule has 2 aromatic rings. The van der Waals surface area contributed by atoms with Crippen LogP contribution in [0.5, 0.6) is 0 Å². The minimum Gasteiger partial charge on any atom is -0.302 e. The molecule has 1 aromatic carbocycles. The predicted molar refractivity (Wildman–Crippen MR) is 76.9 cm³/mol. The Morgan fingerprint density at radius 3 is 2.62 bits per heavy atom. The van der Waals surface area contributed by atoms with E-state index in [0.29, 0.717) is 5.13 Å². The molecule has 1 amide bonds. The molecule has 0 saturated carbocycles. The number of rotatable bonds is 6. The summed E-state index contributed by atoms with van der Waals surface area (Å²) >= 11 is 1.27. The summed E-state index contributed by atoms with van der Waals surface area (Å²) in [6.07, 6.45) is 1.53. The number of thiazole rings is 1. The largest absolute Gasteiger partial charge is 0.302 e. The average Bonchev–Trinajstić information content (AvgIpc) is 2.91. The lowest BCUT2D eigenvalue weighted by atomic mass is 10.4. The molecule has 9 heteroatoms. The van der Waals surface area contributed by atoms with E-state index in [1.54, 1.807) is 11.6 Å². The number of carbonyl (C=O) groups is 1. The molecule has 0 atom stereocenters. The zero-order valence-electron chi connectivity index (χ0n) is 10.7. The lowest BCUT2D eigenvalue weighted by molar-refractivity contribution is -0.116.